The Balaban J connectivity index is 2.12. The second-order valence-corrected chi connectivity index (χ2v) is 7.03. The van der Waals surface area contributed by atoms with E-state index in [1.807, 2.05) is 0 Å². The molecule has 2 aromatic rings. The third-order valence-electron chi connectivity index (χ3n) is 5.30. The van der Waals surface area contributed by atoms with Crippen LogP contribution in [-0.2, 0) is 0 Å². The molecule has 1 aliphatic rings. The maximum Gasteiger partial charge on any atom is 0.0337 e. The molecule has 3 rings (SSSR count). The summed E-state index contributed by atoms with van der Waals surface area (Å²) in [6, 6.07) is 13.2. The van der Waals surface area contributed by atoms with Gasteiger partial charge in [-0.15, -0.1) is 0 Å². The van der Waals surface area contributed by atoms with Crippen LogP contribution in [0.3, 0.4) is 0 Å². The van der Waals surface area contributed by atoms with Gasteiger partial charge in [0.15, 0.2) is 0 Å². The minimum atomic E-state index is 0.151. The Bertz CT molecular complexity index is 627. The van der Waals surface area contributed by atoms with Gasteiger partial charge in [0.05, 0.1) is 0 Å². The van der Waals surface area contributed by atoms with Crippen LogP contribution in [0.15, 0.2) is 36.4 Å². The summed E-state index contributed by atoms with van der Waals surface area (Å²) in [4.78, 5) is 0. The Morgan fingerprint density at radius 3 is 2.60 bits per heavy atom. The molecule has 2 unspecified atom stereocenters. The lowest BCUT2D eigenvalue weighted by Crippen LogP contribution is -2.30. The summed E-state index contributed by atoms with van der Waals surface area (Å²) < 4.78 is 0. The van der Waals surface area contributed by atoms with Crippen LogP contribution in [-0.4, -0.2) is 0 Å². The molecule has 0 spiro atoms. The van der Waals surface area contributed by atoms with Gasteiger partial charge in [-0.1, -0.05) is 56.7 Å². The zero-order valence-corrected chi connectivity index (χ0v) is 12.8. The van der Waals surface area contributed by atoms with Crippen molar-refractivity contribution in [1.29, 1.82) is 0 Å². The van der Waals surface area contributed by atoms with E-state index in [0.717, 1.165) is 0 Å². The van der Waals surface area contributed by atoms with Crippen molar-refractivity contribution >= 4 is 10.8 Å². The van der Waals surface area contributed by atoms with Crippen molar-refractivity contribution in [3.05, 3.63) is 47.5 Å². The molecule has 2 N–H and O–H groups in total. The second kappa shape index (κ2) is 4.89. The third kappa shape index (κ3) is 2.14. The fraction of sp³-hybridized carbons (Fsp3) is 0.474. The molecule has 20 heavy (non-hydrogen) atoms. The van der Waals surface area contributed by atoms with E-state index < -0.39 is 0 Å². The molecule has 2 aromatic carbocycles. The van der Waals surface area contributed by atoms with Gasteiger partial charge in [0.25, 0.3) is 0 Å². The Kier molecular flexibility index (Phi) is 3.33. The smallest absolute Gasteiger partial charge is 0.0337 e. The van der Waals surface area contributed by atoms with Gasteiger partial charge in [-0.05, 0) is 53.0 Å². The predicted octanol–water partition coefficient (Wildman–Crippen LogP) is 4.97. The predicted molar refractivity (Wildman–Crippen MR) is 86.7 cm³/mol. The van der Waals surface area contributed by atoms with Crippen molar-refractivity contribution in [3.63, 3.8) is 0 Å². The van der Waals surface area contributed by atoms with Crippen molar-refractivity contribution in [2.75, 3.05) is 0 Å². The van der Waals surface area contributed by atoms with Gasteiger partial charge in [-0.3, -0.25) is 0 Å². The lowest BCUT2D eigenvalue weighted by atomic mass is 9.74. The Morgan fingerprint density at radius 2 is 1.90 bits per heavy atom. The zero-order chi connectivity index (χ0) is 14.3. The average Bonchev–Trinajstić information content (AvgIpc) is 2.77. The number of nitrogens with two attached hydrogens (primary N) is 1. The Hall–Kier alpha value is -1.34. The standard InChI is InChI=1S/C19H25N/c1-13-10-11-14-7-4-5-8-15(14)17(13)18(20)16-9-6-12-19(16,2)3/h4-5,7-8,10-11,16,18H,6,9,12,20H2,1-3H3. The number of rotatable bonds is 2. The van der Waals surface area contributed by atoms with Crippen LogP contribution in [0.5, 0.6) is 0 Å². The third-order valence-corrected chi connectivity index (χ3v) is 5.30. The highest BCUT2D eigenvalue weighted by Crippen LogP contribution is 2.49. The van der Waals surface area contributed by atoms with E-state index in [2.05, 4.69) is 57.2 Å². The molecular weight excluding hydrogens is 242 g/mol. The molecule has 0 amide bonds. The summed E-state index contributed by atoms with van der Waals surface area (Å²) in [5.74, 6) is 0.590. The van der Waals surface area contributed by atoms with Crippen LogP contribution in [0.2, 0.25) is 0 Å². The van der Waals surface area contributed by atoms with E-state index in [1.165, 1.54) is 41.2 Å². The highest BCUT2D eigenvalue weighted by molar-refractivity contribution is 5.87. The first-order chi connectivity index (χ1) is 9.50. The molecule has 0 aliphatic heterocycles. The van der Waals surface area contributed by atoms with Gasteiger partial charge in [0.2, 0.25) is 0 Å². The van der Waals surface area contributed by atoms with E-state index >= 15 is 0 Å². The summed E-state index contributed by atoms with van der Waals surface area (Å²) in [7, 11) is 0. The van der Waals surface area contributed by atoms with Crippen LogP contribution in [0.25, 0.3) is 10.8 Å². The van der Waals surface area contributed by atoms with Crippen LogP contribution >= 0.6 is 0 Å². The number of hydrogen-bond donors (Lipinski definition) is 1. The number of hydrogen-bond acceptors (Lipinski definition) is 1. The molecule has 1 nitrogen and oxygen atoms in total. The van der Waals surface area contributed by atoms with Gasteiger partial charge in [-0.2, -0.15) is 0 Å². The van der Waals surface area contributed by atoms with Gasteiger partial charge in [-0.25, -0.2) is 0 Å². The molecule has 1 heteroatoms. The Labute approximate surface area is 122 Å². The molecule has 0 radical (unpaired) electrons. The summed E-state index contributed by atoms with van der Waals surface area (Å²) in [6.45, 7) is 6.96. The number of aryl methyl sites for hydroxylation is 1. The van der Waals surface area contributed by atoms with Crippen molar-refractivity contribution in [2.45, 2.75) is 46.1 Å². The lowest BCUT2D eigenvalue weighted by molar-refractivity contribution is 0.222. The molecule has 1 fully saturated rings. The molecule has 1 saturated carbocycles. The summed E-state index contributed by atoms with van der Waals surface area (Å²) >= 11 is 0. The molecule has 0 aromatic heterocycles. The molecule has 1 aliphatic carbocycles. The van der Waals surface area contributed by atoms with Gasteiger partial charge < -0.3 is 5.73 Å². The second-order valence-electron chi connectivity index (χ2n) is 7.03. The maximum absolute atomic E-state index is 6.74. The quantitative estimate of drug-likeness (QED) is 0.816. The van der Waals surface area contributed by atoms with E-state index in [-0.39, 0.29) is 6.04 Å². The van der Waals surface area contributed by atoms with Crippen LogP contribution in [0.4, 0.5) is 0 Å². The fourth-order valence-electron chi connectivity index (χ4n) is 4.07. The van der Waals surface area contributed by atoms with Crippen LogP contribution in [0, 0.1) is 18.3 Å². The van der Waals surface area contributed by atoms with Crippen molar-refractivity contribution < 1.29 is 0 Å². The van der Waals surface area contributed by atoms with Crippen molar-refractivity contribution in [1.82, 2.24) is 0 Å². The van der Waals surface area contributed by atoms with E-state index in [9.17, 15) is 0 Å². The van der Waals surface area contributed by atoms with Crippen LogP contribution < -0.4 is 5.73 Å². The van der Waals surface area contributed by atoms with Crippen molar-refractivity contribution in [3.8, 4) is 0 Å². The number of fused-ring (bicyclic) bond motifs is 1. The largest absolute Gasteiger partial charge is 0.324 e. The highest BCUT2D eigenvalue weighted by atomic mass is 14.7. The average molecular weight is 267 g/mol. The minimum Gasteiger partial charge on any atom is -0.324 e. The summed E-state index contributed by atoms with van der Waals surface area (Å²) in [5, 5.41) is 2.64. The zero-order valence-electron chi connectivity index (χ0n) is 12.8. The fourth-order valence-corrected chi connectivity index (χ4v) is 4.07. The molecular formula is C19H25N. The van der Waals surface area contributed by atoms with E-state index in [0.29, 0.717) is 11.3 Å². The molecule has 106 valence electrons. The van der Waals surface area contributed by atoms with Crippen molar-refractivity contribution in [2.24, 2.45) is 17.1 Å². The SMILES string of the molecule is Cc1ccc2ccccc2c1C(N)C1CCCC1(C)C. The first kappa shape index (κ1) is 13.6. The monoisotopic (exact) mass is 267 g/mol. The first-order valence-electron chi connectivity index (χ1n) is 7.74. The highest BCUT2D eigenvalue weighted by Gasteiger charge is 2.39. The van der Waals surface area contributed by atoms with Gasteiger partial charge in [0.1, 0.15) is 0 Å². The molecule has 0 bridgehead atoms. The first-order valence-corrected chi connectivity index (χ1v) is 7.74. The summed E-state index contributed by atoms with van der Waals surface area (Å²) in [6.07, 6.45) is 3.88. The molecule has 2 atom stereocenters. The maximum atomic E-state index is 6.74. The lowest BCUT2D eigenvalue weighted by Gasteiger charge is -2.33. The van der Waals surface area contributed by atoms with E-state index in [4.69, 9.17) is 5.73 Å². The van der Waals surface area contributed by atoms with Crippen LogP contribution in [0.1, 0.15) is 50.3 Å². The van der Waals surface area contributed by atoms with Gasteiger partial charge >= 0.3 is 0 Å². The molecule has 0 saturated heterocycles. The minimum absolute atomic E-state index is 0.151. The number of benzene rings is 2. The normalized spacial score (nSPS) is 23.1. The summed E-state index contributed by atoms with van der Waals surface area (Å²) in [5.41, 5.74) is 9.80. The topological polar surface area (TPSA) is 26.0 Å². The van der Waals surface area contributed by atoms with Gasteiger partial charge in [0, 0.05) is 6.04 Å². The molecule has 0 heterocycles. The van der Waals surface area contributed by atoms with E-state index in [1.54, 1.807) is 0 Å². The Morgan fingerprint density at radius 1 is 1.15 bits per heavy atom.